The van der Waals surface area contributed by atoms with Crippen LogP contribution in [0.4, 0.5) is 5.69 Å². The smallest absolute Gasteiger partial charge is 0.253 e. The van der Waals surface area contributed by atoms with E-state index in [4.69, 9.17) is 5.73 Å². The number of hydrogen-bond acceptors (Lipinski definition) is 2. The Kier molecular flexibility index (Phi) is 3.13. The highest BCUT2D eigenvalue weighted by atomic mass is 16.1. The van der Waals surface area contributed by atoms with E-state index in [-0.39, 0.29) is 11.9 Å². The standard InChI is InChI=1S/C13H18N2O/c1-9(10-5-4-6-10)15-13(16)11-7-2-3-8-12(11)14/h2-3,7-10H,4-6,14H2,1H3,(H,15,16). The highest BCUT2D eigenvalue weighted by Gasteiger charge is 2.25. The van der Waals surface area contributed by atoms with E-state index < -0.39 is 0 Å². The van der Waals surface area contributed by atoms with E-state index in [1.807, 2.05) is 12.1 Å². The lowest BCUT2D eigenvalue weighted by atomic mass is 9.80. The van der Waals surface area contributed by atoms with E-state index in [0.717, 1.165) is 0 Å². The predicted octanol–water partition coefficient (Wildman–Crippen LogP) is 2.19. The van der Waals surface area contributed by atoms with Crippen molar-refractivity contribution in [3.63, 3.8) is 0 Å². The molecule has 0 aliphatic heterocycles. The minimum atomic E-state index is -0.0579. The van der Waals surface area contributed by atoms with Crippen molar-refractivity contribution in [3.8, 4) is 0 Å². The lowest BCUT2D eigenvalue weighted by Gasteiger charge is -2.31. The Morgan fingerprint density at radius 2 is 2.12 bits per heavy atom. The summed E-state index contributed by atoms with van der Waals surface area (Å²) in [7, 11) is 0. The summed E-state index contributed by atoms with van der Waals surface area (Å²) in [5, 5.41) is 3.02. The van der Waals surface area contributed by atoms with Gasteiger partial charge in [0.05, 0.1) is 5.56 Å². The third-order valence-corrected chi connectivity index (χ3v) is 3.42. The van der Waals surface area contributed by atoms with Crippen LogP contribution in [0.1, 0.15) is 36.5 Å². The molecule has 86 valence electrons. The molecule has 1 amide bonds. The van der Waals surface area contributed by atoms with Gasteiger partial charge in [0.2, 0.25) is 0 Å². The Labute approximate surface area is 96.0 Å². The molecular weight excluding hydrogens is 200 g/mol. The Bertz CT molecular complexity index is 385. The minimum Gasteiger partial charge on any atom is -0.398 e. The van der Waals surface area contributed by atoms with Gasteiger partial charge in [-0.25, -0.2) is 0 Å². The van der Waals surface area contributed by atoms with Crippen molar-refractivity contribution in [1.29, 1.82) is 0 Å². The van der Waals surface area contributed by atoms with Crippen molar-refractivity contribution in [1.82, 2.24) is 5.32 Å². The summed E-state index contributed by atoms with van der Waals surface area (Å²) in [6.07, 6.45) is 3.75. The van der Waals surface area contributed by atoms with Crippen molar-refractivity contribution in [2.45, 2.75) is 32.2 Å². The number of nitrogens with two attached hydrogens (primary N) is 1. The molecule has 2 rings (SSSR count). The van der Waals surface area contributed by atoms with Crippen molar-refractivity contribution in [2.24, 2.45) is 5.92 Å². The van der Waals surface area contributed by atoms with Gasteiger partial charge in [0.1, 0.15) is 0 Å². The zero-order chi connectivity index (χ0) is 11.5. The monoisotopic (exact) mass is 218 g/mol. The molecule has 1 atom stereocenters. The number of rotatable bonds is 3. The summed E-state index contributed by atoms with van der Waals surface area (Å²) in [4.78, 5) is 11.9. The molecule has 3 N–H and O–H groups in total. The van der Waals surface area contributed by atoms with Gasteiger partial charge in [-0.3, -0.25) is 4.79 Å². The van der Waals surface area contributed by atoms with Gasteiger partial charge < -0.3 is 11.1 Å². The maximum Gasteiger partial charge on any atom is 0.253 e. The van der Waals surface area contributed by atoms with E-state index in [0.29, 0.717) is 17.2 Å². The van der Waals surface area contributed by atoms with Crippen LogP contribution < -0.4 is 11.1 Å². The van der Waals surface area contributed by atoms with Gasteiger partial charge in [-0.1, -0.05) is 18.6 Å². The van der Waals surface area contributed by atoms with Crippen LogP contribution in [0, 0.1) is 5.92 Å². The van der Waals surface area contributed by atoms with Crippen LogP contribution in [0.2, 0.25) is 0 Å². The van der Waals surface area contributed by atoms with Crippen molar-refractivity contribution in [3.05, 3.63) is 29.8 Å². The van der Waals surface area contributed by atoms with Crippen molar-refractivity contribution >= 4 is 11.6 Å². The normalized spacial score (nSPS) is 17.6. The molecule has 0 heterocycles. The molecule has 0 spiro atoms. The molecule has 1 aliphatic rings. The zero-order valence-electron chi connectivity index (χ0n) is 9.57. The SMILES string of the molecule is CC(NC(=O)c1ccccc1N)C1CCC1. The highest BCUT2D eigenvalue weighted by Crippen LogP contribution is 2.29. The molecule has 3 heteroatoms. The van der Waals surface area contributed by atoms with E-state index in [1.54, 1.807) is 12.1 Å². The van der Waals surface area contributed by atoms with Crippen LogP contribution in [0.3, 0.4) is 0 Å². The molecule has 1 aromatic rings. The molecule has 1 unspecified atom stereocenters. The number of hydrogen-bond donors (Lipinski definition) is 2. The first-order chi connectivity index (χ1) is 7.68. The molecule has 1 aromatic carbocycles. The van der Waals surface area contributed by atoms with Gasteiger partial charge in [-0.15, -0.1) is 0 Å². The lowest BCUT2D eigenvalue weighted by molar-refractivity contribution is 0.0910. The maximum absolute atomic E-state index is 11.9. The number of carbonyl (C=O) groups is 1. The Balaban J connectivity index is 2.00. The Hall–Kier alpha value is -1.51. The fourth-order valence-electron chi connectivity index (χ4n) is 2.05. The van der Waals surface area contributed by atoms with Crippen LogP contribution in [0.5, 0.6) is 0 Å². The molecule has 16 heavy (non-hydrogen) atoms. The number of carbonyl (C=O) groups excluding carboxylic acids is 1. The first kappa shape index (κ1) is 11.0. The van der Waals surface area contributed by atoms with Crippen LogP contribution >= 0.6 is 0 Å². The van der Waals surface area contributed by atoms with Gasteiger partial charge in [0.15, 0.2) is 0 Å². The predicted molar refractivity (Wildman–Crippen MR) is 65.1 cm³/mol. The highest BCUT2D eigenvalue weighted by molar-refractivity contribution is 5.99. The minimum absolute atomic E-state index is 0.0579. The average molecular weight is 218 g/mol. The van der Waals surface area contributed by atoms with Crippen LogP contribution in [0.25, 0.3) is 0 Å². The summed E-state index contributed by atoms with van der Waals surface area (Å²) in [6.45, 7) is 2.07. The van der Waals surface area contributed by atoms with Gasteiger partial charge in [0.25, 0.3) is 5.91 Å². The second-order valence-electron chi connectivity index (χ2n) is 4.54. The van der Waals surface area contributed by atoms with Crippen LogP contribution in [0.15, 0.2) is 24.3 Å². The number of nitrogen functional groups attached to an aromatic ring is 1. The molecule has 0 aromatic heterocycles. The van der Waals surface area contributed by atoms with E-state index in [9.17, 15) is 4.79 Å². The molecular formula is C13H18N2O. The number of para-hydroxylation sites is 1. The fraction of sp³-hybridized carbons (Fsp3) is 0.462. The molecule has 3 nitrogen and oxygen atoms in total. The van der Waals surface area contributed by atoms with Crippen molar-refractivity contribution < 1.29 is 4.79 Å². The third-order valence-electron chi connectivity index (χ3n) is 3.42. The van der Waals surface area contributed by atoms with Gasteiger partial charge in [-0.2, -0.15) is 0 Å². The number of amides is 1. The lowest BCUT2D eigenvalue weighted by Crippen LogP contribution is -2.40. The number of anilines is 1. The average Bonchev–Trinajstić information content (AvgIpc) is 2.15. The Morgan fingerprint density at radius 1 is 1.44 bits per heavy atom. The number of nitrogens with one attached hydrogen (secondary N) is 1. The molecule has 0 radical (unpaired) electrons. The second-order valence-corrected chi connectivity index (χ2v) is 4.54. The van der Waals surface area contributed by atoms with E-state index in [1.165, 1.54) is 19.3 Å². The van der Waals surface area contributed by atoms with Gasteiger partial charge in [0, 0.05) is 11.7 Å². The molecule has 0 bridgehead atoms. The number of benzene rings is 1. The zero-order valence-corrected chi connectivity index (χ0v) is 9.57. The first-order valence-corrected chi connectivity index (χ1v) is 5.84. The van der Waals surface area contributed by atoms with Gasteiger partial charge in [-0.05, 0) is 37.8 Å². The molecule has 1 fully saturated rings. The van der Waals surface area contributed by atoms with Crippen LogP contribution in [-0.4, -0.2) is 11.9 Å². The Morgan fingerprint density at radius 3 is 2.69 bits per heavy atom. The third kappa shape index (κ3) is 2.18. The largest absolute Gasteiger partial charge is 0.398 e. The summed E-state index contributed by atoms with van der Waals surface area (Å²) < 4.78 is 0. The second kappa shape index (κ2) is 4.56. The van der Waals surface area contributed by atoms with E-state index in [2.05, 4.69) is 12.2 Å². The quantitative estimate of drug-likeness (QED) is 0.764. The molecule has 0 saturated heterocycles. The summed E-state index contributed by atoms with van der Waals surface area (Å²) in [5.74, 6) is 0.589. The maximum atomic E-state index is 11.9. The topological polar surface area (TPSA) is 55.1 Å². The fourth-order valence-corrected chi connectivity index (χ4v) is 2.05. The molecule has 1 saturated carbocycles. The summed E-state index contributed by atoms with van der Waals surface area (Å²) in [6, 6.07) is 7.43. The van der Waals surface area contributed by atoms with Crippen LogP contribution in [-0.2, 0) is 0 Å². The first-order valence-electron chi connectivity index (χ1n) is 5.84. The van der Waals surface area contributed by atoms with Crippen molar-refractivity contribution in [2.75, 3.05) is 5.73 Å². The summed E-state index contributed by atoms with van der Waals surface area (Å²) >= 11 is 0. The van der Waals surface area contributed by atoms with E-state index >= 15 is 0 Å². The van der Waals surface area contributed by atoms with Gasteiger partial charge >= 0.3 is 0 Å². The molecule has 1 aliphatic carbocycles. The summed E-state index contributed by atoms with van der Waals surface area (Å²) in [5.41, 5.74) is 6.88.